The minimum atomic E-state index is 0.510. The first-order chi connectivity index (χ1) is 13.3. The van der Waals surface area contributed by atoms with E-state index in [9.17, 15) is 0 Å². The summed E-state index contributed by atoms with van der Waals surface area (Å²) >= 11 is 0. The molecular weight excluding hydrogens is 330 g/mol. The number of nitrogens with zero attached hydrogens (tertiary/aromatic N) is 2. The van der Waals surface area contributed by atoms with Crippen LogP contribution in [-0.2, 0) is 12.8 Å². The van der Waals surface area contributed by atoms with Crippen LogP contribution in [0.3, 0.4) is 0 Å². The van der Waals surface area contributed by atoms with Crippen molar-refractivity contribution in [2.45, 2.75) is 12.8 Å². The van der Waals surface area contributed by atoms with Gasteiger partial charge in [0.2, 0.25) is 0 Å². The Bertz CT molecular complexity index is 1010. The maximum absolute atomic E-state index is 6.06. The quantitative estimate of drug-likeness (QED) is 0.539. The fraction of sp³-hybridized carbons (Fsp3) is 0.0833. The van der Waals surface area contributed by atoms with Gasteiger partial charge in [-0.15, -0.1) is 10.2 Å². The van der Waals surface area contributed by atoms with Gasteiger partial charge in [-0.2, -0.15) is 0 Å². The van der Waals surface area contributed by atoms with Crippen LogP contribution in [-0.4, -0.2) is 10.2 Å². The molecule has 0 aliphatic rings. The van der Waals surface area contributed by atoms with Gasteiger partial charge in [-0.05, 0) is 41.2 Å². The molecule has 0 bridgehead atoms. The summed E-state index contributed by atoms with van der Waals surface area (Å²) in [5.74, 6) is 0.510. The summed E-state index contributed by atoms with van der Waals surface area (Å²) in [4.78, 5) is 0. The number of hydrogen-bond donors (Lipinski definition) is 1. The Morgan fingerprint density at radius 3 is 1.85 bits per heavy atom. The molecule has 27 heavy (non-hydrogen) atoms. The first-order valence-corrected chi connectivity index (χ1v) is 9.11. The highest BCUT2D eigenvalue weighted by atomic mass is 15.1. The van der Waals surface area contributed by atoms with E-state index in [4.69, 9.17) is 5.73 Å². The summed E-state index contributed by atoms with van der Waals surface area (Å²) in [5.41, 5.74) is 12.8. The molecule has 0 radical (unpaired) electrons. The SMILES string of the molecule is Nc1nnc(-c2ccccc2)cc1CCc1ccc(-c2ccccc2)cc1. The molecule has 4 rings (SSSR count). The number of rotatable bonds is 5. The lowest BCUT2D eigenvalue weighted by Crippen LogP contribution is -2.03. The molecule has 1 aromatic heterocycles. The van der Waals surface area contributed by atoms with E-state index in [1.165, 1.54) is 16.7 Å². The van der Waals surface area contributed by atoms with Crippen LogP contribution in [0.4, 0.5) is 5.82 Å². The zero-order valence-electron chi connectivity index (χ0n) is 15.0. The minimum absolute atomic E-state index is 0.510. The standard InChI is InChI=1S/C24H21N3/c25-24-22(17-23(26-27-24)21-9-5-2-6-10-21)16-13-18-11-14-20(15-12-18)19-7-3-1-4-8-19/h1-12,14-15,17H,13,16H2,(H2,25,27). The number of benzene rings is 3. The number of aromatic nitrogens is 2. The lowest BCUT2D eigenvalue weighted by molar-refractivity contribution is 0.930. The molecule has 3 nitrogen and oxygen atoms in total. The third kappa shape index (κ3) is 4.04. The smallest absolute Gasteiger partial charge is 0.149 e. The van der Waals surface area contributed by atoms with Crippen molar-refractivity contribution in [2.24, 2.45) is 0 Å². The van der Waals surface area contributed by atoms with Crippen LogP contribution in [0.15, 0.2) is 91.0 Å². The van der Waals surface area contributed by atoms with Gasteiger partial charge in [-0.3, -0.25) is 0 Å². The van der Waals surface area contributed by atoms with Crippen molar-refractivity contribution in [1.29, 1.82) is 0 Å². The Morgan fingerprint density at radius 2 is 1.19 bits per heavy atom. The molecular formula is C24H21N3. The highest BCUT2D eigenvalue weighted by Gasteiger charge is 2.07. The van der Waals surface area contributed by atoms with Crippen LogP contribution >= 0.6 is 0 Å². The Morgan fingerprint density at radius 1 is 0.593 bits per heavy atom. The van der Waals surface area contributed by atoms with Crippen LogP contribution < -0.4 is 5.73 Å². The Balaban J connectivity index is 1.49. The third-order valence-corrected chi connectivity index (χ3v) is 4.72. The van der Waals surface area contributed by atoms with Crippen molar-refractivity contribution >= 4 is 5.82 Å². The second-order valence-corrected chi connectivity index (χ2v) is 6.57. The van der Waals surface area contributed by atoms with Gasteiger partial charge in [0.1, 0.15) is 5.82 Å². The van der Waals surface area contributed by atoms with Gasteiger partial charge in [0.15, 0.2) is 0 Å². The number of nitrogens with two attached hydrogens (primary N) is 1. The van der Waals surface area contributed by atoms with Crippen molar-refractivity contribution in [3.8, 4) is 22.4 Å². The second-order valence-electron chi connectivity index (χ2n) is 6.57. The number of aryl methyl sites for hydroxylation is 2. The molecule has 2 N–H and O–H groups in total. The normalized spacial score (nSPS) is 10.7. The van der Waals surface area contributed by atoms with Crippen molar-refractivity contribution < 1.29 is 0 Å². The summed E-state index contributed by atoms with van der Waals surface area (Å²) in [6.45, 7) is 0. The van der Waals surface area contributed by atoms with E-state index >= 15 is 0 Å². The molecule has 3 heteroatoms. The molecule has 0 aliphatic heterocycles. The van der Waals surface area contributed by atoms with E-state index in [0.717, 1.165) is 29.7 Å². The number of anilines is 1. The molecule has 4 aromatic rings. The van der Waals surface area contributed by atoms with E-state index in [2.05, 4.69) is 64.8 Å². The monoisotopic (exact) mass is 351 g/mol. The first-order valence-electron chi connectivity index (χ1n) is 9.11. The van der Waals surface area contributed by atoms with Crippen LogP contribution in [0.2, 0.25) is 0 Å². The predicted octanol–water partition coefficient (Wildman–Crippen LogP) is 5.18. The van der Waals surface area contributed by atoms with Crippen LogP contribution in [0, 0.1) is 0 Å². The van der Waals surface area contributed by atoms with Crippen LogP contribution in [0.1, 0.15) is 11.1 Å². The van der Waals surface area contributed by atoms with Crippen molar-refractivity contribution in [3.63, 3.8) is 0 Å². The highest BCUT2D eigenvalue weighted by molar-refractivity contribution is 5.63. The van der Waals surface area contributed by atoms with Crippen LogP contribution in [0.5, 0.6) is 0 Å². The van der Waals surface area contributed by atoms with Crippen molar-refractivity contribution in [1.82, 2.24) is 10.2 Å². The summed E-state index contributed by atoms with van der Waals surface area (Å²) in [5, 5.41) is 8.38. The highest BCUT2D eigenvalue weighted by Crippen LogP contribution is 2.22. The number of hydrogen-bond acceptors (Lipinski definition) is 3. The molecule has 1 heterocycles. The van der Waals surface area contributed by atoms with E-state index in [-0.39, 0.29) is 0 Å². The molecule has 0 unspecified atom stereocenters. The zero-order chi connectivity index (χ0) is 18.5. The summed E-state index contributed by atoms with van der Waals surface area (Å²) in [7, 11) is 0. The average molecular weight is 351 g/mol. The van der Waals surface area contributed by atoms with Crippen LogP contribution in [0.25, 0.3) is 22.4 Å². The van der Waals surface area contributed by atoms with Crippen molar-refractivity contribution in [2.75, 3.05) is 5.73 Å². The molecule has 0 atom stereocenters. The fourth-order valence-electron chi connectivity index (χ4n) is 3.16. The molecule has 132 valence electrons. The first kappa shape index (κ1) is 17.0. The van der Waals surface area contributed by atoms with Gasteiger partial charge < -0.3 is 5.73 Å². The lowest BCUT2D eigenvalue weighted by atomic mass is 10.00. The van der Waals surface area contributed by atoms with E-state index in [1.54, 1.807) is 0 Å². The summed E-state index contributed by atoms with van der Waals surface area (Å²) < 4.78 is 0. The van der Waals surface area contributed by atoms with E-state index in [0.29, 0.717) is 5.82 Å². The molecule has 0 aliphatic carbocycles. The Hall–Kier alpha value is -3.46. The Kier molecular flexibility index (Phi) is 4.93. The molecule has 0 saturated carbocycles. The zero-order valence-corrected chi connectivity index (χ0v) is 15.0. The van der Waals surface area contributed by atoms with E-state index in [1.807, 2.05) is 36.4 Å². The van der Waals surface area contributed by atoms with Gasteiger partial charge >= 0.3 is 0 Å². The van der Waals surface area contributed by atoms with Gasteiger partial charge in [0, 0.05) is 5.56 Å². The van der Waals surface area contributed by atoms with Crippen molar-refractivity contribution in [3.05, 3.63) is 102 Å². The summed E-state index contributed by atoms with van der Waals surface area (Å²) in [6, 6.07) is 31.3. The molecule has 3 aromatic carbocycles. The van der Waals surface area contributed by atoms with Gasteiger partial charge in [0.25, 0.3) is 0 Å². The minimum Gasteiger partial charge on any atom is -0.382 e. The van der Waals surface area contributed by atoms with Gasteiger partial charge in [0.05, 0.1) is 5.69 Å². The predicted molar refractivity (Wildman–Crippen MR) is 111 cm³/mol. The maximum atomic E-state index is 6.06. The second kappa shape index (κ2) is 7.83. The number of nitrogen functional groups attached to an aromatic ring is 1. The molecule has 0 spiro atoms. The average Bonchev–Trinajstić information content (AvgIpc) is 2.75. The fourth-order valence-corrected chi connectivity index (χ4v) is 3.16. The molecule has 0 saturated heterocycles. The lowest BCUT2D eigenvalue weighted by Gasteiger charge is -2.08. The summed E-state index contributed by atoms with van der Waals surface area (Å²) in [6.07, 6.45) is 1.76. The molecule has 0 amide bonds. The third-order valence-electron chi connectivity index (χ3n) is 4.72. The topological polar surface area (TPSA) is 51.8 Å². The van der Waals surface area contributed by atoms with E-state index < -0.39 is 0 Å². The van der Waals surface area contributed by atoms with Gasteiger partial charge in [-0.1, -0.05) is 84.9 Å². The Labute approximate surface area is 159 Å². The largest absolute Gasteiger partial charge is 0.382 e. The van der Waals surface area contributed by atoms with Gasteiger partial charge in [-0.25, -0.2) is 0 Å². The maximum Gasteiger partial charge on any atom is 0.149 e. The molecule has 0 fully saturated rings.